The molecule has 2 aliphatic rings. The van der Waals surface area contributed by atoms with Crippen molar-refractivity contribution in [3.63, 3.8) is 0 Å². The van der Waals surface area contributed by atoms with Crippen LogP contribution in [0.25, 0.3) is 0 Å². The number of sulfonamides is 2. The fourth-order valence-electron chi connectivity index (χ4n) is 3.62. The number of aryl methyl sites for hydroxylation is 1. The van der Waals surface area contributed by atoms with Gasteiger partial charge in [0.2, 0.25) is 20.0 Å². The fourth-order valence-corrected chi connectivity index (χ4v) is 6.54. The van der Waals surface area contributed by atoms with E-state index < -0.39 is 20.0 Å². The van der Waals surface area contributed by atoms with Crippen LogP contribution in [0, 0.1) is 0 Å². The summed E-state index contributed by atoms with van der Waals surface area (Å²) in [6.07, 6.45) is 3.50. The van der Waals surface area contributed by atoms with Crippen molar-refractivity contribution in [2.24, 2.45) is 0 Å². The number of fused-ring (bicyclic) bond motifs is 1. The summed E-state index contributed by atoms with van der Waals surface area (Å²) in [6.45, 7) is 0.832. The molecule has 0 saturated carbocycles. The van der Waals surface area contributed by atoms with Crippen molar-refractivity contribution in [3.05, 3.63) is 35.4 Å². The Bertz CT molecular complexity index is 790. The van der Waals surface area contributed by atoms with E-state index >= 15 is 0 Å². The summed E-state index contributed by atoms with van der Waals surface area (Å²) in [4.78, 5) is 0. The smallest absolute Gasteiger partial charge is 0.214 e. The molecule has 0 aromatic heterocycles. The molecule has 0 radical (unpaired) electrons. The summed E-state index contributed by atoms with van der Waals surface area (Å²) in [5, 5.41) is 0. The van der Waals surface area contributed by atoms with Crippen LogP contribution < -0.4 is 4.72 Å². The second-order valence-electron chi connectivity index (χ2n) is 6.53. The average Bonchev–Trinajstić information content (AvgIpc) is 2.86. The van der Waals surface area contributed by atoms with Crippen molar-refractivity contribution in [2.75, 3.05) is 31.1 Å². The van der Waals surface area contributed by atoms with E-state index in [1.807, 2.05) is 18.2 Å². The lowest BCUT2D eigenvalue weighted by Crippen LogP contribution is -2.37. The quantitative estimate of drug-likeness (QED) is 0.809. The molecule has 1 aromatic carbocycles. The van der Waals surface area contributed by atoms with Crippen LogP contribution in [-0.2, 0) is 26.5 Å². The maximum absolute atomic E-state index is 12.4. The summed E-state index contributed by atoms with van der Waals surface area (Å²) < 4.78 is 52.1. The van der Waals surface area contributed by atoms with Gasteiger partial charge in [-0.25, -0.2) is 25.9 Å². The van der Waals surface area contributed by atoms with Crippen molar-refractivity contribution in [1.29, 1.82) is 0 Å². The predicted molar refractivity (Wildman–Crippen MR) is 93.9 cm³/mol. The van der Waals surface area contributed by atoms with Gasteiger partial charge in [-0.15, -0.1) is 0 Å². The highest BCUT2D eigenvalue weighted by molar-refractivity contribution is 7.89. The first-order valence-electron chi connectivity index (χ1n) is 8.40. The molecule has 1 N–H and O–H groups in total. The number of benzene rings is 1. The van der Waals surface area contributed by atoms with Crippen molar-refractivity contribution in [2.45, 2.75) is 31.6 Å². The minimum atomic E-state index is -3.42. The summed E-state index contributed by atoms with van der Waals surface area (Å²) >= 11 is 0. The first-order valence-corrected chi connectivity index (χ1v) is 11.7. The van der Waals surface area contributed by atoms with E-state index in [9.17, 15) is 16.8 Å². The highest BCUT2D eigenvalue weighted by Gasteiger charge is 2.29. The lowest BCUT2D eigenvalue weighted by molar-refractivity contribution is 0.444. The molecule has 0 amide bonds. The Morgan fingerprint density at radius 2 is 2.00 bits per heavy atom. The maximum atomic E-state index is 12.4. The summed E-state index contributed by atoms with van der Waals surface area (Å²) in [6, 6.07) is 8.03. The van der Waals surface area contributed by atoms with Gasteiger partial charge in [-0.05, 0) is 42.7 Å². The first-order chi connectivity index (χ1) is 11.4. The Hall–Kier alpha value is -0.960. The van der Waals surface area contributed by atoms with Crippen molar-refractivity contribution in [3.8, 4) is 0 Å². The third-order valence-electron chi connectivity index (χ3n) is 4.80. The molecule has 6 nitrogen and oxygen atoms in total. The molecule has 1 saturated heterocycles. The molecule has 1 heterocycles. The van der Waals surface area contributed by atoms with E-state index in [2.05, 4.69) is 10.8 Å². The average molecular weight is 373 g/mol. The van der Waals surface area contributed by atoms with E-state index in [0.29, 0.717) is 13.0 Å². The van der Waals surface area contributed by atoms with Gasteiger partial charge >= 0.3 is 0 Å². The molecule has 3 rings (SSSR count). The topological polar surface area (TPSA) is 83.6 Å². The van der Waals surface area contributed by atoms with Gasteiger partial charge in [0.1, 0.15) is 0 Å². The van der Waals surface area contributed by atoms with Crippen LogP contribution in [0.1, 0.15) is 36.3 Å². The van der Waals surface area contributed by atoms with Gasteiger partial charge in [-0.1, -0.05) is 24.3 Å². The largest absolute Gasteiger partial charge is 0.214 e. The molecule has 1 aliphatic heterocycles. The van der Waals surface area contributed by atoms with Gasteiger partial charge in [-0.2, -0.15) is 0 Å². The van der Waals surface area contributed by atoms with Crippen LogP contribution in [-0.4, -0.2) is 52.3 Å². The number of nitrogens with one attached hydrogen (secondary N) is 1. The minimum Gasteiger partial charge on any atom is -0.214 e. The SMILES string of the molecule is O=S(=O)(CC1CCCc2ccccc21)NCCN1CCCS1(=O)=O. The molecule has 1 fully saturated rings. The van der Waals surface area contributed by atoms with Gasteiger partial charge in [0.25, 0.3) is 0 Å². The van der Waals surface area contributed by atoms with Gasteiger partial charge in [0, 0.05) is 19.6 Å². The van der Waals surface area contributed by atoms with E-state index in [-0.39, 0.29) is 30.5 Å². The number of rotatable bonds is 6. The molecule has 1 aliphatic carbocycles. The highest BCUT2D eigenvalue weighted by Crippen LogP contribution is 2.32. The Balaban J connectivity index is 1.57. The number of hydrogen-bond donors (Lipinski definition) is 1. The standard InChI is InChI=1S/C16H24N2O4S2/c19-23(20,17-9-11-18-10-4-12-24(18,21)22)13-15-7-3-6-14-5-1-2-8-16(14)15/h1-2,5,8,15,17H,3-4,6-7,9-13H2. The molecular formula is C16H24N2O4S2. The highest BCUT2D eigenvalue weighted by atomic mass is 32.2. The van der Waals surface area contributed by atoms with Crippen molar-refractivity contribution < 1.29 is 16.8 Å². The molecule has 134 valence electrons. The van der Waals surface area contributed by atoms with Gasteiger partial charge < -0.3 is 0 Å². The zero-order valence-electron chi connectivity index (χ0n) is 13.6. The van der Waals surface area contributed by atoms with Crippen LogP contribution in [0.15, 0.2) is 24.3 Å². The van der Waals surface area contributed by atoms with Crippen LogP contribution in [0.3, 0.4) is 0 Å². The molecule has 1 aromatic rings. The molecule has 1 unspecified atom stereocenters. The zero-order valence-corrected chi connectivity index (χ0v) is 15.3. The second-order valence-corrected chi connectivity index (χ2v) is 10.5. The van der Waals surface area contributed by atoms with E-state index in [0.717, 1.165) is 24.8 Å². The predicted octanol–water partition coefficient (Wildman–Crippen LogP) is 1.06. The fraction of sp³-hybridized carbons (Fsp3) is 0.625. The summed E-state index contributed by atoms with van der Waals surface area (Å²) in [5.74, 6) is 0.248. The third kappa shape index (κ3) is 4.17. The molecule has 8 heteroatoms. The van der Waals surface area contributed by atoms with E-state index in [4.69, 9.17) is 0 Å². The Morgan fingerprint density at radius 1 is 1.21 bits per heavy atom. The zero-order chi connectivity index (χ0) is 17.2. The Kier molecular flexibility index (Phi) is 5.29. The van der Waals surface area contributed by atoms with Crippen molar-refractivity contribution >= 4 is 20.0 Å². The van der Waals surface area contributed by atoms with Crippen molar-refractivity contribution in [1.82, 2.24) is 9.03 Å². The molecule has 0 spiro atoms. The van der Waals surface area contributed by atoms with E-state index in [1.54, 1.807) is 0 Å². The van der Waals surface area contributed by atoms with Gasteiger partial charge in [0.05, 0.1) is 11.5 Å². The lowest BCUT2D eigenvalue weighted by atomic mass is 9.84. The van der Waals surface area contributed by atoms with E-state index in [1.165, 1.54) is 9.87 Å². The van der Waals surface area contributed by atoms with Gasteiger partial charge in [0.15, 0.2) is 0 Å². The lowest BCUT2D eigenvalue weighted by Gasteiger charge is -2.25. The van der Waals surface area contributed by atoms with Crippen LogP contribution in [0.4, 0.5) is 0 Å². The molecule has 1 atom stereocenters. The number of hydrogen-bond acceptors (Lipinski definition) is 4. The second kappa shape index (κ2) is 7.11. The summed E-state index contributed by atoms with van der Waals surface area (Å²) in [7, 11) is -6.60. The first kappa shape index (κ1) is 17.8. The maximum Gasteiger partial charge on any atom is 0.214 e. The Morgan fingerprint density at radius 3 is 2.75 bits per heavy atom. The minimum absolute atomic E-state index is 0.0166. The Labute approximate surface area is 144 Å². The molecular weight excluding hydrogens is 348 g/mol. The monoisotopic (exact) mass is 372 g/mol. The summed E-state index contributed by atoms with van der Waals surface area (Å²) in [5.41, 5.74) is 2.38. The number of nitrogens with zero attached hydrogens (tertiary/aromatic N) is 1. The van der Waals surface area contributed by atoms with Gasteiger partial charge in [-0.3, -0.25) is 0 Å². The normalized spacial score (nSPS) is 23.9. The van der Waals surface area contributed by atoms with Crippen LogP contribution in [0.2, 0.25) is 0 Å². The van der Waals surface area contributed by atoms with Crippen LogP contribution in [0.5, 0.6) is 0 Å². The molecule has 24 heavy (non-hydrogen) atoms. The molecule has 0 bridgehead atoms. The van der Waals surface area contributed by atoms with Crippen LogP contribution >= 0.6 is 0 Å². The third-order valence-corrected chi connectivity index (χ3v) is 8.24.